The van der Waals surface area contributed by atoms with Gasteiger partial charge in [-0.1, -0.05) is 27.7 Å². The Hall–Kier alpha value is -0.0800. The van der Waals surface area contributed by atoms with Crippen molar-refractivity contribution in [3.63, 3.8) is 0 Å². The molecule has 74 valence electrons. The van der Waals surface area contributed by atoms with E-state index in [1.807, 2.05) is 0 Å². The summed E-state index contributed by atoms with van der Waals surface area (Å²) in [6, 6.07) is 0. The van der Waals surface area contributed by atoms with Crippen molar-refractivity contribution in [3.8, 4) is 0 Å². The topological polar surface area (TPSA) is 52.0 Å². The first kappa shape index (κ1) is 11.9. The van der Waals surface area contributed by atoms with E-state index in [4.69, 9.17) is 11.5 Å². The first-order chi connectivity index (χ1) is 5.06. The van der Waals surface area contributed by atoms with Crippen LogP contribution >= 0.6 is 0 Å². The molecule has 0 saturated heterocycles. The van der Waals surface area contributed by atoms with E-state index >= 15 is 0 Å². The van der Waals surface area contributed by atoms with Gasteiger partial charge in [-0.05, 0) is 31.2 Å². The van der Waals surface area contributed by atoms with E-state index in [0.717, 1.165) is 0 Å². The number of rotatable bonds is 3. The third kappa shape index (κ3) is 1.80. The van der Waals surface area contributed by atoms with Gasteiger partial charge in [-0.2, -0.15) is 0 Å². The first-order valence-electron chi connectivity index (χ1n) is 4.55. The Labute approximate surface area is 76.7 Å². The second-order valence-electron chi connectivity index (χ2n) is 5.43. The van der Waals surface area contributed by atoms with Crippen LogP contribution in [0.2, 0.25) is 0 Å². The summed E-state index contributed by atoms with van der Waals surface area (Å²) in [5, 5.41) is 0. The van der Waals surface area contributed by atoms with Crippen LogP contribution in [0.4, 0.5) is 0 Å². The summed E-state index contributed by atoms with van der Waals surface area (Å²) < 4.78 is 0. The van der Waals surface area contributed by atoms with E-state index < -0.39 is 0 Å². The van der Waals surface area contributed by atoms with Crippen molar-refractivity contribution in [1.29, 1.82) is 0 Å². The maximum atomic E-state index is 6.12. The van der Waals surface area contributed by atoms with E-state index in [-0.39, 0.29) is 16.4 Å². The van der Waals surface area contributed by atoms with Gasteiger partial charge >= 0.3 is 0 Å². The average Bonchev–Trinajstić information content (AvgIpc) is 1.85. The van der Waals surface area contributed by atoms with Crippen LogP contribution in [0.15, 0.2) is 0 Å². The molecule has 0 spiro atoms. The summed E-state index contributed by atoms with van der Waals surface area (Å²) in [6.07, 6.45) is 0. The molecule has 0 unspecified atom stereocenters. The largest absolute Gasteiger partial charge is 0.330 e. The molecule has 2 heteroatoms. The van der Waals surface area contributed by atoms with Crippen LogP contribution < -0.4 is 11.5 Å². The Morgan fingerprint density at radius 1 is 0.917 bits per heavy atom. The van der Waals surface area contributed by atoms with Crippen LogP contribution in [-0.4, -0.2) is 12.1 Å². The zero-order valence-corrected chi connectivity index (χ0v) is 9.36. The summed E-state index contributed by atoms with van der Waals surface area (Å²) in [6.45, 7) is 13.5. The van der Waals surface area contributed by atoms with Crippen LogP contribution in [0, 0.1) is 10.8 Å². The van der Waals surface area contributed by atoms with Crippen LogP contribution in [0.1, 0.15) is 41.5 Å². The molecule has 0 aliphatic heterocycles. The lowest BCUT2D eigenvalue weighted by Gasteiger charge is -2.50. The van der Waals surface area contributed by atoms with E-state index in [2.05, 4.69) is 41.5 Å². The zero-order valence-electron chi connectivity index (χ0n) is 9.36. The smallest absolute Gasteiger partial charge is 0.0154 e. The minimum absolute atomic E-state index is 0.0365. The number of nitrogens with two attached hydrogens (primary N) is 2. The number of hydrogen-bond acceptors (Lipinski definition) is 2. The molecule has 0 amide bonds. The van der Waals surface area contributed by atoms with E-state index in [9.17, 15) is 0 Å². The van der Waals surface area contributed by atoms with Crippen LogP contribution in [0.5, 0.6) is 0 Å². The van der Waals surface area contributed by atoms with Gasteiger partial charge < -0.3 is 11.5 Å². The quantitative estimate of drug-likeness (QED) is 0.681. The fourth-order valence-corrected chi connectivity index (χ4v) is 1.13. The van der Waals surface area contributed by atoms with Gasteiger partial charge in [-0.3, -0.25) is 0 Å². The minimum atomic E-state index is -0.199. The van der Waals surface area contributed by atoms with Gasteiger partial charge in [-0.25, -0.2) is 0 Å². The monoisotopic (exact) mass is 172 g/mol. The highest BCUT2D eigenvalue weighted by Gasteiger charge is 2.44. The van der Waals surface area contributed by atoms with Crippen LogP contribution in [0.25, 0.3) is 0 Å². The molecule has 12 heavy (non-hydrogen) atoms. The van der Waals surface area contributed by atoms with E-state index in [0.29, 0.717) is 6.54 Å². The second kappa shape index (κ2) is 3.00. The predicted octanol–water partition coefficient (Wildman–Crippen LogP) is 1.73. The third-order valence-electron chi connectivity index (χ3n) is 3.81. The van der Waals surface area contributed by atoms with E-state index in [1.54, 1.807) is 0 Å². The number of hydrogen-bond donors (Lipinski definition) is 2. The van der Waals surface area contributed by atoms with Crippen molar-refractivity contribution in [1.82, 2.24) is 0 Å². The van der Waals surface area contributed by atoms with Gasteiger partial charge in [0.15, 0.2) is 0 Å². The van der Waals surface area contributed by atoms with Crippen LogP contribution in [-0.2, 0) is 0 Å². The first-order valence-corrected chi connectivity index (χ1v) is 4.55. The fourth-order valence-electron chi connectivity index (χ4n) is 1.13. The molecule has 0 fully saturated rings. The van der Waals surface area contributed by atoms with Crippen molar-refractivity contribution >= 4 is 0 Å². The van der Waals surface area contributed by atoms with Crippen molar-refractivity contribution in [2.75, 3.05) is 6.54 Å². The molecule has 0 atom stereocenters. The lowest BCUT2D eigenvalue weighted by molar-refractivity contribution is 0.0425. The highest BCUT2D eigenvalue weighted by molar-refractivity contribution is 4.99. The van der Waals surface area contributed by atoms with Gasteiger partial charge in [-0.15, -0.1) is 0 Å². The van der Waals surface area contributed by atoms with Gasteiger partial charge in [0, 0.05) is 5.54 Å². The molecule has 0 aromatic carbocycles. The lowest BCUT2D eigenvalue weighted by atomic mass is 9.59. The standard InChI is InChI=1S/C10H24N2/c1-8(2,7-11)9(3,4)10(5,6)12/h7,11-12H2,1-6H3. The molecule has 0 aromatic heterocycles. The molecule has 4 N–H and O–H groups in total. The SMILES string of the molecule is CC(C)(N)C(C)(C)C(C)(C)CN. The summed E-state index contributed by atoms with van der Waals surface area (Å²) >= 11 is 0. The van der Waals surface area contributed by atoms with Crippen molar-refractivity contribution in [2.45, 2.75) is 47.1 Å². The summed E-state index contributed by atoms with van der Waals surface area (Å²) in [5.41, 5.74) is 11.8. The molecule has 0 aromatic rings. The van der Waals surface area contributed by atoms with Gasteiger partial charge in [0.05, 0.1) is 0 Å². The molecule has 0 rings (SSSR count). The Balaban J connectivity index is 4.85. The molecule has 0 aliphatic rings. The Morgan fingerprint density at radius 2 is 1.25 bits per heavy atom. The molecule has 0 radical (unpaired) electrons. The molecule has 2 nitrogen and oxygen atoms in total. The van der Waals surface area contributed by atoms with Crippen molar-refractivity contribution in [2.24, 2.45) is 22.3 Å². The Kier molecular flexibility index (Phi) is 2.98. The predicted molar refractivity (Wildman–Crippen MR) is 54.9 cm³/mol. The summed E-state index contributed by atoms with van der Waals surface area (Å²) in [4.78, 5) is 0. The molecular weight excluding hydrogens is 148 g/mol. The van der Waals surface area contributed by atoms with Crippen LogP contribution in [0.3, 0.4) is 0 Å². The minimum Gasteiger partial charge on any atom is -0.330 e. The molecule has 0 saturated carbocycles. The second-order valence-corrected chi connectivity index (χ2v) is 5.43. The zero-order chi connectivity index (χ0) is 10.2. The lowest BCUT2D eigenvalue weighted by Crippen LogP contribution is -2.56. The Morgan fingerprint density at radius 3 is 1.33 bits per heavy atom. The molecule has 0 heterocycles. The summed E-state index contributed by atoms with van der Waals surface area (Å²) in [5.74, 6) is 0. The summed E-state index contributed by atoms with van der Waals surface area (Å²) in [7, 11) is 0. The van der Waals surface area contributed by atoms with Gasteiger partial charge in [0.2, 0.25) is 0 Å². The van der Waals surface area contributed by atoms with Gasteiger partial charge in [0.25, 0.3) is 0 Å². The fraction of sp³-hybridized carbons (Fsp3) is 1.00. The third-order valence-corrected chi connectivity index (χ3v) is 3.81. The highest BCUT2D eigenvalue weighted by Crippen LogP contribution is 2.44. The molecular formula is C10H24N2. The average molecular weight is 172 g/mol. The highest BCUT2D eigenvalue weighted by atomic mass is 14.8. The van der Waals surface area contributed by atoms with Crippen molar-refractivity contribution < 1.29 is 0 Å². The molecule has 0 bridgehead atoms. The van der Waals surface area contributed by atoms with Gasteiger partial charge in [0.1, 0.15) is 0 Å². The maximum absolute atomic E-state index is 6.12. The normalized spacial score (nSPS) is 15.0. The van der Waals surface area contributed by atoms with E-state index in [1.165, 1.54) is 0 Å². The van der Waals surface area contributed by atoms with Crippen molar-refractivity contribution in [3.05, 3.63) is 0 Å². The molecule has 0 aliphatic carbocycles. The maximum Gasteiger partial charge on any atom is 0.0154 e. The Bertz CT molecular complexity index is 152.